The fourth-order valence-electron chi connectivity index (χ4n) is 7.30. The minimum Gasteiger partial charge on any atom is -0.0622 e. The van der Waals surface area contributed by atoms with Crippen molar-refractivity contribution in [1.29, 1.82) is 0 Å². The molecule has 0 aromatic heterocycles. The summed E-state index contributed by atoms with van der Waals surface area (Å²) in [7, 11) is 0. The zero-order valence-electron chi connectivity index (χ0n) is 26.5. The van der Waals surface area contributed by atoms with Crippen LogP contribution in [0, 0.1) is 0 Å². The van der Waals surface area contributed by atoms with E-state index >= 15 is 0 Å². The second kappa shape index (κ2) is 11.8. The summed E-state index contributed by atoms with van der Waals surface area (Å²) in [6, 6.07) is 70.7. The van der Waals surface area contributed by atoms with Gasteiger partial charge in [-0.3, -0.25) is 0 Å². The molecule has 0 heterocycles. The Labute approximate surface area is 281 Å². The molecule has 0 aliphatic carbocycles. The molecule has 0 nitrogen and oxygen atoms in total. The van der Waals surface area contributed by atoms with Gasteiger partial charge in [0.15, 0.2) is 0 Å². The van der Waals surface area contributed by atoms with Crippen LogP contribution in [0.4, 0.5) is 0 Å². The van der Waals surface area contributed by atoms with Gasteiger partial charge in [0.25, 0.3) is 0 Å². The fourth-order valence-corrected chi connectivity index (χ4v) is 7.30. The third-order valence-corrected chi connectivity index (χ3v) is 9.64. The molecule has 0 unspecified atom stereocenters. The average molecular weight is 609 g/mol. The highest BCUT2D eigenvalue weighted by Crippen LogP contribution is 2.44. The van der Waals surface area contributed by atoms with Crippen molar-refractivity contribution >= 4 is 32.3 Å². The fraction of sp³-hybridized carbons (Fsp3) is 0. The Hall–Kier alpha value is -6.24. The summed E-state index contributed by atoms with van der Waals surface area (Å²) in [5.74, 6) is 0. The first kappa shape index (κ1) is 28.0. The number of fused-ring (bicyclic) bond motifs is 3. The Morgan fingerprint density at radius 1 is 0.188 bits per heavy atom. The van der Waals surface area contributed by atoms with E-state index in [1.165, 1.54) is 88.0 Å². The third-order valence-electron chi connectivity index (χ3n) is 9.64. The molecular formula is C48H32. The van der Waals surface area contributed by atoms with E-state index in [0.29, 0.717) is 0 Å². The lowest BCUT2D eigenvalue weighted by Gasteiger charge is -2.18. The Bertz CT molecular complexity index is 2520. The van der Waals surface area contributed by atoms with Crippen molar-refractivity contribution in [3.8, 4) is 55.6 Å². The van der Waals surface area contributed by atoms with Crippen molar-refractivity contribution in [1.82, 2.24) is 0 Å². The molecule has 0 fully saturated rings. The highest BCUT2D eigenvalue weighted by molar-refractivity contribution is 6.21. The van der Waals surface area contributed by atoms with Crippen LogP contribution in [0.15, 0.2) is 194 Å². The Morgan fingerprint density at radius 2 is 0.521 bits per heavy atom. The molecule has 48 heavy (non-hydrogen) atoms. The number of rotatable bonds is 5. The molecule has 9 rings (SSSR count). The van der Waals surface area contributed by atoms with Crippen LogP contribution in [0.5, 0.6) is 0 Å². The molecule has 0 saturated heterocycles. The number of hydrogen-bond donors (Lipinski definition) is 0. The number of hydrogen-bond acceptors (Lipinski definition) is 0. The molecule has 0 heteroatoms. The summed E-state index contributed by atoms with van der Waals surface area (Å²) < 4.78 is 0. The third kappa shape index (κ3) is 4.96. The van der Waals surface area contributed by atoms with Crippen molar-refractivity contribution in [3.05, 3.63) is 194 Å². The highest BCUT2D eigenvalue weighted by Gasteiger charge is 2.17. The van der Waals surface area contributed by atoms with E-state index in [4.69, 9.17) is 0 Å². The monoisotopic (exact) mass is 608 g/mol. The molecule has 0 spiro atoms. The average Bonchev–Trinajstić information content (AvgIpc) is 3.17. The first-order chi connectivity index (χ1) is 23.8. The summed E-state index contributed by atoms with van der Waals surface area (Å²) in [5.41, 5.74) is 12.4. The minimum absolute atomic E-state index is 1.22. The van der Waals surface area contributed by atoms with Gasteiger partial charge in [0, 0.05) is 0 Å². The van der Waals surface area contributed by atoms with Crippen molar-refractivity contribution < 1.29 is 0 Å². The zero-order chi connectivity index (χ0) is 31.9. The predicted molar refractivity (Wildman–Crippen MR) is 206 cm³/mol. The van der Waals surface area contributed by atoms with Crippen molar-refractivity contribution in [2.45, 2.75) is 0 Å². The maximum absolute atomic E-state index is 2.34. The molecular weight excluding hydrogens is 577 g/mol. The maximum atomic E-state index is 2.34. The summed E-state index contributed by atoms with van der Waals surface area (Å²) in [6.45, 7) is 0. The van der Waals surface area contributed by atoms with Crippen molar-refractivity contribution in [3.63, 3.8) is 0 Å². The Morgan fingerprint density at radius 3 is 1.02 bits per heavy atom. The van der Waals surface area contributed by atoms with Crippen LogP contribution in [0.3, 0.4) is 0 Å². The summed E-state index contributed by atoms with van der Waals surface area (Å²) in [4.78, 5) is 0. The topological polar surface area (TPSA) is 0 Å². The van der Waals surface area contributed by atoms with Crippen molar-refractivity contribution in [2.24, 2.45) is 0 Å². The van der Waals surface area contributed by atoms with E-state index in [1.54, 1.807) is 0 Å². The quantitative estimate of drug-likeness (QED) is 0.171. The second-order valence-corrected chi connectivity index (χ2v) is 12.5. The lowest BCUT2D eigenvalue weighted by atomic mass is 9.85. The summed E-state index contributed by atoms with van der Waals surface area (Å²) in [6.07, 6.45) is 0. The van der Waals surface area contributed by atoms with E-state index in [0.717, 1.165) is 0 Å². The SMILES string of the molecule is c1ccc(-c2cccc(-c3c4ccccc4c(-c4ccc(-c5ccc6cc(-c7ccccc7)ccc6c5)cc4)c4ccccc34)c2)cc1. The molecule has 9 aromatic carbocycles. The Kier molecular flexibility index (Phi) is 6.91. The van der Waals surface area contributed by atoms with E-state index in [-0.39, 0.29) is 0 Å². The van der Waals surface area contributed by atoms with Crippen LogP contribution in [-0.2, 0) is 0 Å². The van der Waals surface area contributed by atoms with E-state index in [2.05, 4.69) is 194 Å². The van der Waals surface area contributed by atoms with E-state index < -0.39 is 0 Å². The molecule has 0 saturated carbocycles. The van der Waals surface area contributed by atoms with Gasteiger partial charge >= 0.3 is 0 Å². The van der Waals surface area contributed by atoms with Gasteiger partial charge in [0.1, 0.15) is 0 Å². The van der Waals surface area contributed by atoms with Crippen molar-refractivity contribution in [2.75, 3.05) is 0 Å². The van der Waals surface area contributed by atoms with Gasteiger partial charge in [-0.15, -0.1) is 0 Å². The molecule has 0 aliphatic rings. The predicted octanol–water partition coefficient (Wildman–Crippen LogP) is 13.5. The van der Waals surface area contributed by atoms with Gasteiger partial charge < -0.3 is 0 Å². The molecule has 0 atom stereocenters. The zero-order valence-corrected chi connectivity index (χ0v) is 26.5. The molecule has 224 valence electrons. The van der Waals surface area contributed by atoms with Gasteiger partial charge in [0.05, 0.1) is 0 Å². The van der Waals surface area contributed by atoms with Gasteiger partial charge in [-0.1, -0.05) is 176 Å². The molecule has 9 aromatic rings. The highest BCUT2D eigenvalue weighted by atomic mass is 14.2. The van der Waals surface area contributed by atoms with Crippen LogP contribution in [0.2, 0.25) is 0 Å². The lowest BCUT2D eigenvalue weighted by Crippen LogP contribution is -1.91. The van der Waals surface area contributed by atoms with Crippen LogP contribution in [0.1, 0.15) is 0 Å². The van der Waals surface area contributed by atoms with Gasteiger partial charge in [-0.05, 0) is 106 Å². The molecule has 0 aliphatic heterocycles. The molecule has 0 bridgehead atoms. The minimum atomic E-state index is 1.22. The summed E-state index contributed by atoms with van der Waals surface area (Å²) >= 11 is 0. The largest absolute Gasteiger partial charge is 0.0622 e. The molecule has 0 N–H and O–H groups in total. The van der Waals surface area contributed by atoms with Crippen LogP contribution >= 0.6 is 0 Å². The first-order valence-electron chi connectivity index (χ1n) is 16.6. The normalized spacial score (nSPS) is 11.3. The number of benzene rings is 9. The molecule has 0 amide bonds. The Balaban J connectivity index is 1.14. The van der Waals surface area contributed by atoms with Crippen LogP contribution in [0.25, 0.3) is 88.0 Å². The van der Waals surface area contributed by atoms with Gasteiger partial charge in [-0.25, -0.2) is 0 Å². The van der Waals surface area contributed by atoms with E-state index in [1.807, 2.05) is 0 Å². The van der Waals surface area contributed by atoms with Gasteiger partial charge in [0.2, 0.25) is 0 Å². The van der Waals surface area contributed by atoms with E-state index in [9.17, 15) is 0 Å². The van der Waals surface area contributed by atoms with Gasteiger partial charge in [-0.2, -0.15) is 0 Å². The lowest BCUT2D eigenvalue weighted by molar-refractivity contribution is 1.60. The maximum Gasteiger partial charge on any atom is -0.00262 e. The van der Waals surface area contributed by atoms with Crippen LogP contribution < -0.4 is 0 Å². The standard InChI is InChI=1S/C48H32/c1-3-12-33(13-4-1)37-16-11-17-42(32-37)48-45-20-9-7-18-43(45)47(44-19-8-10-21-46(44)48)36-24-22-35(23-25-36)39-27-29-40-30-38(26-28-41(40)31-39)34-14-5-2-6-15-34/h1-32H. The second-order valence-electron chi connectivity index (χ2n) is 12.5. The molecule has 0 radical (unpaired) electrons. The smallest absolute Gasteiger partial charge is 0.00262 e. The summed E-state index contributed by atoms with van der Waals surface area (Å²) in [5, 5.41) is 7.58. The first-order valence-corrected chi connectivity index (χ1v) is 16.6. The van der Waals surface area contributed by atoms with Crippen LogP contribution in [-0.4, -0.2) is 0 Å².